The zero-order valence-corrected chi connectivity index (χ0v) is 16.3. The molecule has 3 heterocycles. The van der Waals surface area contributed by atoms with Gasteiger partial charge in [-0.05, 0) is 37.8 Å². The lowest BCUT2D eigenvalue weighted by Crippen LogP contribution is -2.32. The van der Waals surface area contributed by atoms with Crippen LogP contribution >= 0.6 is 36.2 Å². The molecule has 2 atom stereocenters. The molecule has 2 aromatic rings. The molecule has 7 heteroatoms. The van der Waals surface area contributed by atoms with Gasteiger partial charge >= 0.3 is 0 Å². The van der Waals surface area contributed by atoms with E-state index in [0.717, 1.165) is 66.3 Å². The van der Waals surface area contributed by atoms with E-state index < -0.39 is 0 Å². The number of carbonyl (C=O) groups excluding carboxylic acids is 1. The molecule has 4 rings (SSSR count). The summed E-state index contributed by atoms with van der Waals surface area (Å²) in [7, 11) is 0. The lowest BCUT2D eigenvalue weighted by molar-refractivity contribution is 0.0763. The molecule has 2 aliphatic rings. The number of nitrogens with zero attached hydrogens (tertiary/aromatic N) is 2. The van der Waals surface area contributed by atoms with Gasteiger partial charge in [-0.1, -0.05) is 30.3 Å². The van der Waals surface area contributed by atoms with Crippen LogP contribution in [0, 0.1) is 11.8 Å². The van der Waals surface area contributed by atoms with Crippen molar-refractivity contribution in [3.05, 3.63) is 41.4 Å². The maximum atomic E-state index is 12.8. The third-order valence-electron chi connectivity index (χ3n) is 5.04. The molecule has 1 aromatic carbocycles. The van der Waals surface area contributed by atoms with E-state index in [2.05, 4.69) is 10.3 Å². The van der Waals surface area contributed by atoms with Crippen molar-refractivity contribution < 1.29 is 4.79 Å². The van der Waals surface area contributed by atoms with Crippen LogP contribution in [0.4, 0.5) is 0 Å². The molecular formula is C18H23Cl2N3OS. The summed E-state index contributed by atoms with van der Waals surface area (Å²) >= 11 is 1.50. The van der Waals surface area contributed by atoms with Gasteiger partial charge in [0.05, 0.1) is 6.20 Å². The molecule has 136 valence electrons. The van der Waals surface area contributed by atoms with Gasteiger partial charge in [0.2, 0.25) is 0 Å². The number of benzene rings is 1. The van der Waals surface area contributed by atoms with E-state index in [1.807, 2.05) is 35.2 Å². The molecule has 1 aromatic heterocycles. The minimum atomic E-state index is 0. The van der Waals surface area contributed by atoms with Gasteiger partial charge in [-0.2, -0.15) is 0 Å². The normalized spacial score (nSPS) is 22.3. The Bertz CT molecular complexity index is 681. The van der Waals surface area contributed by atoms with Crippen molar-refractivity contribution in [1.82, 2.24) is 15.2 Å². The van der Waals surface area contributed by atoms with Gasteiger partial charge in [0.1, 0.15) is 9.88 Å². The highest BCUT2D eigenvalue weighted by atomic mass is 35.5. The SMILES string of the molecule is Cl.Cl.O=C(c1cnc(-c2ccccc2)s1)N1CC[C@@H]2CNC[C@@H]2CC1. The average molecular weight is 400 g/mol. The van der Waals surface area contributed by atoms with Gasteiger partial charge in [0.15, 0.2) is 0 Å². The Morgan fingerprint density at radius 2 is 1.72 bits per heavy atom. The molecule has 0 bridgehead atoms. The van der Waals surface area contributed by atoms with Crippen LogP contribution in [0.5, 0.6) is 0 Å². The van der Waals surface area contributed by atoms with Gasteiger partial charge in [0, 0.05) is 18.7 Å². The molecule has 2 saturated heterocycles. The van der Waals surface area contributed by atoms with Crippen molar-refractivity contribution in [2.24, 2.45) is 11.8 Å². The van der Waals surface area contributed by atoms with Crippen molar-refractivity contribution in [2.45, 2.75) is 12.8 Å². The summed E-state index contributed by atoms with van der Waals surface area (Å²) in [5.74, 6) is 1.64. The number of rotatable bonds is 2. The first-order valence-electron chi connectivity index (χ1n) is 8.32. The van der Waals surface area contributed by atoms with Gasteiger partial charge in [-0.3, -0.25) is 4.79 Å². The quantitative estimate of drug-likeness (QED) is 0.836. The maximum Gasteiger partial charge on any atom is 0.265 e. The van der Waals surface area contributed by atoms with Crippen molar-refractivity contribution in [2.75, 3.05) is 26.2 Å². The number of carbonyl (C=O) groups is 1. The maximum absolute atomic E-state index is 12.8. The zero-order valence-electron chi connectivity index (χ0n) is 13.9. The molecule has 2 fully saturated rings. The second kappa shape index (κ2) is 8.99. The van der Waals surface area contributed by atoms with E-state index in [4.69, 9.17) is 0 Å². The van der Waals surface area contributed by atoms with E-state index in [0.29, 0.717) is 0 Å². The number of thiazole rings is 1. The smallest absolute Gasteiger partial charge is 0.265 e. The molecule has 0 spiro atoms. The van der Waals surface area contributed by atoms with Crippen LogP contribution in [-0.2, 0) is 0 Å². The number of fused-ring (bicyclic) bond motifs is 1. The monoisotopic (exact) mass is 399 g/mol. The molecule has 2 aliphatic heterocycles. The Labute approximate surface area is 164 Å². The minimum Gasteiger partial charge on any atom is -0.338 e. The fraction of sp³-hybridized carbons (Fsp3) is 0.444. The van der Waals surface area contributed by atoms with Crippen LogP contribution in [-0.4, -0.2) is 42.0 Å². The Kier molecular flexibility index (Phi) is 7.25. The summed E-state index contributed by atoms with van der Waals surface area (Å²) in [6.45, 7) is 3.98. The third-order valence-corrected chi connectivity index (χ3v) is 6.08. The Hall–Kier alpha value is -1.14. The molecule has 0 radical (unpaired) electrons. The number of hydrogen-bond acceptors (Lipinski definition) is 4. The zero-order chi connectivity index (χ0) is 15.6. The van der Waals surface area contributed by atoms with Crippen molar-refractivity contribution in [3.63, 3.8) is 0 Å². The topological polar surface area (TPSA) is 45.2 Å². The van der Waals surface area contributed by atoms with Gasteiger partial charge in [0.25, 0.3) is 5.91 Å². The van der Waals surface area contributed by atoms with Crippen LogP contribution in [0.3, 0.4) is 0 Å². The molecule has 25 heavy (non-hydrogen) atoms. The van der Waals surface area contributed by atoms with Crippen LogP contribution in [0.1, 0.15) is 22.5 Å². The number of likely N-dealkylation sites (tertiary alicyclic amines) is 1. The molecule has 1 amide bonds. The highest BCUT2D eigenvalue weighted by molar-refractivity contribution is 7.16. The van der Waals surface area contributed by atoms with Crippen molar-refractivity contribution in [1.29, 1.82) is 0 Å². The van der Waals surface area contributed by atoms with Crippen LogP contribution in [0.15, 0.2) is 36.5 Å². The Morgan fingerprint density at radius 1 is 1.08 bits per heavy atom. The van der Waals surface area contributed by atoms with E-state index >= 15 is 0 Å². The molecule has 0 aliphatic carbocycles. The van der Waals surface area contributed by atoms with Crippen LogP contribution in [0.2, 0.25) is 0 Å². The summed E-state index contributed by atoms with van der Waals surface area (Å²) < 4.78 is 0. The number of halogens is 2. The molecule has 4 nitrogen and oxygen atoms in total. The summed E-state index contributed by atoms with van der Waals surface area (Å²) in [4.78, 5) is 20.0. The predicted octanol–water partition coefficient (Wildman–Crippen LogP) is 3.73. The lowest BCUT2D eigenvalue weighted by Gasteiger charge is -2.19. The average Bonchev–Trinajstić information content (AvgIpc) is 3.21. The molecule has 0 saturated carbocycles. The van der Waals surface area contributed by atoms with E-state index in [1.165, 1.54) is 11.3 Å². The van der Waals surface area contributed by atoms with E-state index in [9.17, 15) is 4.79 Å². The van der Waals surface area contributed by atoms with Crippen molar-refractivity contribution >= 4 is 42.1 Å². The first-order valence-corrected chi connectivity index (χ1v) is 9.14. The highest BCUT2D eigenvalue weighted by Gasteiger charge is 2.32. The Morgan fingerprint density at radius 3 is 2.36 bits per heavy atom. The van der Waals surface area contributed by atoms with E-state index in [1.54, 1.807) is 6.20 Å². The minimum absolute atomic E-state index is 0. The van der Waals surface area contributed by atoms with Gasteiger partial charge in [-0.25, -0.2) is 4.98 Å². The summed E-state index contributed by atoms with van der Waals surface area (Å²) in [5, 5.41) is 4.40. The van der Waals surface area contributed by atoms with E-state index in [-0.39, 0.29) is 30.7 Å². The van der Waals surface area contributed by atoms with Crippen LogP contribution < -0.4 is 5.32 Å². The largest absolute Gasteiger partial charge is 0.338 e. The fourth-order valence-corrected chi connectivity index (χ4v) is 4.55. The number of aromatic nitrogens is 1. The second-order valence-electron chi connectivity index (χ2n) is 6.44. The fourth-order valence-electron chi connectivity index (χ4n) is 3.66. The predicted molar refractivity (Wildman–Crippen MR) is 107 cm³/mol. The summed E-state index contributed by atoms with van der Waals surface area (Å²) in [5.41, 5.74) is 1.08. The standard InChI is InChI=1S/C18H21N3OS.2ClH/c22-18(21-8-6-14-10-19-11-15(14)7-9-21)16-12-20-17(23-16)13-4-2-1-3-5-13;;/h1-5,12,14-15,19H,6-11H2;2*1H/t14-,15+;;. The Balaban J connectivity index is 0.00000113. The summed E-state index contributed by atoms with van der Waals surface area (Å²) in [6.07, 6.45) is 3.98. The van der Waals surface area contributed by atoms with Crippen LogP contribution in [0.25, 0.3) is 10.6 Å². The third kappa shape index (κ3) is 4.34. The molecule has 0 unspecified atom stereocenters. The number of hydrogen-bond donors (Lipinski definition) is 1. The first-order chi connectivity index (χ1) is 11.3. The second-order valence-corrected chi connectivity index (χ2v) is 7.47. The first kappa shape index (κ1) is 20.2. The number of nitrogens with one attached hydrogen (secondary N) is 1. The summed E-state index contributed by atoms with van der Waals surface area (Å²) in [6, 6.07) is 10.1. The number of amides is 1. The lowest BCUT2D eigenvalue weighted by atomic mass is 9.92. The molecular weight excluding hydrogens is 377 g/mol. The molecule has 1 N–H and O–H groups in total. The highest BCUT2D eigenvalue weighted by Crippen LogP contribution is 2.29. The van der Waals surface area contributed by atoms with Gasteiger partial charge < -0.3 is 10.2 Å². The van der Waals surface area contributed by atoms with Crippen molar-refractivity contribution in [3.8, 4) is 10.6 Å². The van der Waals surface area contributed by atoms with Gasteiger partial charge in [-0.15, -0.1) is 36.2 Å².